The zero-order valence-corrected chi connectivity index (χ0v) is 16.4. The smallest absolute Gasteiger partial charge is 0.319 e. The van der Waals surface area contributed by atoms with Gasteiger partial charge >= 0.3 is 12.0 Å². The van der Waals surface area contributed by atoms with Crippen molar-refractivity contribution in [1.29, 1.82) is 0 Å². The summed E-state index contributed by atoms with van der Waals surface area (Å²) in [7, 11) is 2.90. The lowest BCUT2D eigenvalue weighted by atomic mass is 9.98. The summed E-state index contributed by atoms with van der Waals surface area (Å²) in [5, 5.41) is 6.69. The minimum absolute atomic E-state index is 0.0395. The summed E-state index contributed by atoms with van der Waals surface area (Å²) in [5.41, 5.74) is 0.379. The second-order valence-corrected chi connectivity index (χ2v) is 6.72. The summed E-state index contributed by atoms with van der Waals surface area (Å²) in [4.78, 5) is 31.9. The van der Waals surface area contributed by atoms with Crippen molar-refractivity contribution in [2.45, 2.75) is 27.5 Å². The summed E-state index contributed by atoms with van der Waals surface area (Å²) in [6, 6.07) is 0.165. The molecule has 0 aromatic carbocycles. The number of aromatic nitrogens is 4. The van der Waals surface area contributed by atoms with E-state index >= 15 is 0 Å². The molecule has 0 radical (unpaired) electrons. The van der Waals surface area contributed by atoms with Crippen LogP contribution in [0.25, 0.3) is 6.08 Å². The Morgan fingerprint density at radius 1 is 1.21 bits per heavy atom. The fraction of sp³-hybridized carbons (Fsp3) is 0.389. The van der Waals surface area contributed by atoms with Crippen LogP contribution in [0.1, 0.15) is 26.3 Å². The number of esters is 1. The Bertz CT molecular complexity index is 869. The van der Waals surface area contributed by atoms with E-state index in [-0.39, 0.29) is 30.5 Å². The first-order chi connectivity index (χ1) is 13.2. The Kier molecular flexibility index (Phi) is 6.69. The van der Waals surface area contributed by atoms with Crippen LogP contribution in [0.4, 0.5) is 5.69 Å². The van der Waals surface area contributed by atoms with Crippen molar-refractivity contribution in [3.05, 3.63) is 30.2 Å². The predicted molar refractivity (Wildman–Crippen MR) is 101 cm³/mol. The number of carbonyl (C=O) groups excluding carboxylic acids is 2. The van der Waals surface area contributed by atoms with Crippen molar-refractivity contribution >= 4 is 23.6 Å². The number of rotatable bonds is 7. The molecule has 0 saturated carbocycles. The van der Waals surface area contributed by atoms with E-state index in [1.54, 1.807) is 27.0 Å². The van der Waals surface area contributed by atoms with E-state index in [0.29, 0.717) is 11.3 Å². The van der Waals surface area contributed by atoms with E-state index in [1.165, 1.54) is 43.4 Å². The Morgan fingerprint density at radius 2 is 1.96 bits per heavy atom. The van der Waals surface area contributed by atoms with E-state index in [0.717, 1.165) is 0 Å². The largest absolute Gasteiger partial charge is 0.480 e. The van der Waals surface area contributed by atoms with Crippen LogP contribution in [0, 0.1) is 5.41 Å². The van der Waals surface area contributed by atoms with E-state index in [2.05, 4.69) is 20.4 Å². The monoisotopic (exact) mass is 389 g/mol. The second kappa shape index (κ2) is 8.98. The van der Waals surface area contributed by atoms with Gasteiger partial charge in [-0.1, -0.05) is 0 Å². The third-order valence-corrected chi connectivity index (χ3v) is 3.39. The van der Waals surface area contributed by atoms with Crippen LogP contribution in [0.15, 0.2) is 24.7 Å². The highest BCUT2D eigenvalue weighted by Crippen LogP contribution is 2.19. The first kappa shape index (κ1) is 20.9. The summed E-state index contributed by atoms with van der Waals surface area (Å²) < 4.78 is 16.6. The van der Waals surface area contributed by atoms with E-state index in [1.807, 2.05) is 0 Å². The summed E-state index contributed by atoms with van der Waals surface area (Å²) in [6.45, 7) is 5.25. The van der Waals surface area contributed by atoms with Crippen molar-refractivity contribution in [3.8, 4) is 11.9 Å². The number of nitrogens with one attached hydrogen (secondary N) is 1. The second-order valence-electron chi connectivity index (χ2n) is 6.72. The lowest BCUT2D eigenvalue weighted by Crippen LogP contribution is -2.24. The highest BCUT2D eigenvalue weighted by Gasteiger charge is 2.23. The molecule has 0 aliphatic heterocycles. The van der Waals surface area contributed by atoms with Gasteiger partial charge in [-0.25, -0.2) is 9.67 Å². The van der Waals surface area contributed by atoms with Crippen molar-refractivity contribution in [2.24, 2.45) is 5.41 Å². The first-order valence-electron chi connectivity index (χ1n) is 8.36. The Hall–Kier alpha value is -3.43. The number of hydrogen-bond acceptors (Lipinski definition) is 8. The molecule has 2 rings (SSSR count). The molecule has 28 heavy (non-hydrogen) atoms. The normalized spacial score (nSPS) is 11.3. The molecular formula is C18H23N5O5. The number of amides is 1. The number of methoxy groups -OCH3 is 2. The van der Waals surface area contributed by atoms with Crippen LogP contribution in [0.2, 0.25) is 0 Å². The molecule has 2 aromatic rings. The third-order valence-electron chi connectivity index (χ3n) is 3.39. The van der Waals surface area contributed by atoms with Gasteiger partial charge in [0.15, 0.2) is 6.73 Å². The Balaban J connectivity index is 1.94. The molecule has 0 aliphatic rings. The number of anilines is 1. The molecule has 0 bridgehead atoms. The predicted octanol–water partition coefficient (Wildman–Crippen LogP) is 1.89. The molecule has 0 fully saturated rings. The topological polar surface area (TPSA) is 117 Å². The molecule has 0 unspecified atom stereocenters. The minimum Gasteiger partial charge on any atom is -0.480 e. The number of ether oxygens (including phenoxy) is 3. The van der Waals surface area contributed by atoms with Gasteiger partial charge in [-0.15, -0.1) is 0 Å². The van der Waals surface area contributed by atoms with Gasteiger partial charge in [0.1, 0.15) is 0 Å². The van der Waals surface area contributed by atoms with E-state index in [4.69, 9.17) is 14.2 Å². The van der Waals surface area contributed by atoms with Gasteiger partial charge in [0, 0.05) is 12.3 Å². The van der Waals surface area contributed by atoms with Gasteiger partial charge in [-0.05, 0) is 26.8 Å². The SMILES string of the molecule is COc1ncc(/C=C/C(=O)Nc2cnn(COC(=O)C(C)(C)C)c2)c(OC)n1. The van der Waals surface area contributed by atoms with Gasteiger partial charge in [-0.2, -0.15) is 10.1 Å². The van der Waals surface area contributed by atoms with Crippen LogP contribution >= 0.6 is 0 Å². The molecule has 0 spiro atoms. The lowest BCUT2D eigenvalue weighted by Gasteiger charge is -2.16. The first-order valence-corrected chi connectivity index (χ1v) is 8.36. The molecule has 150 valence electrons. The molecular weight excluding hydrogens is 366 g/mol. The molecule has 10 heteroatoms. The van der Waals surface area contributed by atoms with Crippen molar-refractivity contribution in [1.82, 2.24) is 19.7 Å². The highest BCUT2D eigenvalue weighted by atomic mass is 16.5. The summed E-state index contributed by atoms with van der Waals surface area (Å²) in [6.07, 6.45) is 7.32. The number of carbonyl (C=O) groups is 2. The van der Waals surface area contributed by atoms with Crippen molar-refractivity contribution in [2.75, 3.05) is 19.5 Å². The lowest BCUT2D eigenvalue weighted by molar-refractivity contribution is -0.157. The summed E-state index contributed by atoms with van der Waals surface area (Å²) in [5.74, 6) is -0.444. The molecule has 0 saturated heterocycles. The molecule has 1 N–H and O–H groups in total. The van der Waals surface area contributed by atoms with Gasteiger partial charge in [0.05, 0.1) is 43.3 Å². The van der Waals surface area contributed by atoms with Gasteiger partial charge in [-0.3, -0.25) is 9.59 Å². The quantitative estimate of drug-likeness (QED) is 0.563. The number of nitrogens with zero attached hydrogens (tertiary/aromatic N) is 4. The fourth-order valence-electron chi connectivity index (χ4n) is 1.93. The zero-order valence-electron chi connectivity index (χ0n) is 16.4. The van der Waals surface area contributed by atoms with Crippen LogP contribution < -0.4 is 14.8 Å². The number of hydrogen-bond donors (Lipinski definition) is 1. The van der Waals surface area contributed by atoms with Crippen LogP contribution in [-0.2, 0) is 21.1 Å². The van der Waals surface area contributed by atoms with Crippen LogP contribution in [-0.4, -0.2) is 45.8 Å². The maximum absolute atomic E-state index is 12.1. The molecule has 0 aliphatic carbocycles. The highest BCUT2D eigenvalue weighted by molar-refractivity contribution is 6.01. The Morgan fingerprint density at radius 3 is 2.61 bits per heavy atom. The molecule has 2 aromatic heterocycles. The van der Waals surface area contributed by atoms with Crippen LogP contribution in [0.5, 0.6) is 11.9 Å². The van der Waals surface area contributed by atoms with E-state index in [9.17, 15) is 9.59 Å². The van der Waals surface area contributed by atoms with Crippen molar-refractivity contribution in [3.63, 3.8) is 0 Å². The fourth-order valence-corrected chi connectivity index (χ4v) is 1.93. The van der Waals surface area contributed by atoms with Gasteiger partial charge in [0.25, 0.3) is 0 Å². The van der Waals surface area contributed by atoms with Crippen molar-refractivity contribution < 1.29 is 23.8 Å². The molecule has 0 atom stereocenters. The zero-order chi connectivity index (χ0) is 20.7. The molecule has 1 amide bonds. The van der Waals surface area contributed by atoms with E-state index < -0.39 is 5.41 Å². The third kappa shape index (κ3) is 5.79. The average Bonchev–Trinajstić information content (AvgIpc) is 3.10. The minimum atomic E-state index is -0.596. The maximum Gasteiger partial charge on any atom is 0.319 e. The maximum atomic E-state index is 12.1. The molecule has 2 heterocycles. The standard InChI is InChI=1S/C18H23N5O5/c1-18(2,3)16(25)28-11-23-10-13(9-20-23)21-14(24)7-6-12-8-19-17(27-5)22-15(12)26-4/h6-10H,11H2,1-5H3,(H,21,24)/b7-6+. The molecule has 10 nitrogen and oxygen atoms in total. The van der Waals surface area contributed by atoms with Gasteiger partial charge < -0.3 is 19.5 Å². The summed E-state index contributed by atoms with van der Waals surface area (Å²) >= 11 is 0. The average molecular weight is 389 g/mol. The Labute approximate surface area is 162 Å². The van der Waals surface area contributed by atoms with Crippen LogP contribution in [0.3, 0.4) is 0 Å². The van der Waals surface area contributed by atoms with Gasteiger partial charge in [0.2, 0.25) is 11.8 Å².